The van der Waals surface area contributed by atoms with E-state index in [1.54, 1.807) is 0 Å². The van der Waals surface area contributed by atoms with E-state index in [0.29, 0.717) is 0 Å². The number of aliphatic hydroxyl groups is 1. The van der Waals surface area contributed by atoms with Crippen molar-refractivity contribution in [1.82, 2.24) is 5.32 Å². The standard InChI is InChI=1S/C9H19NO3S/c1-8(5-14(2,12)13)10-6-9(7-11)3-4-9/h8,10-11H,3-7H2,1-2H3. The van der Waals surface area contributed by atoms with Gasteiger partial charge in [0.25, 0.3) is 0 Å². The highest BCUT2D eigenvalue weighted by Crippen LogP contribution is 2.44. The number of aliphatic hydroxyl groups excluding tert-OH is 1. The fourth-order valence-corrected chi connectivity index (χ4v) is 2.50. The van der Waals surface area contributed by atoms with Gasteiger partial charge in [0.2, 0.25) is 0 Å². The Morgan fingerprint density at radius 1 is 1.50 bits per heavy atom. The van der Waals surface area contributed by atoms with Crippen molar-refractivity contribution in [2.45, 2.75) is 25.8 Å². The van der Waals surface area contributed by atoms with Crippen LogP contribution in [-0.4, -0.2) is 44.7 Å². The smallest absolute Gasteiger partial charge is 0.148 e. The van der Waals surface area contributed by atoms with Gasteiger partial charge in [-0.2, -0.15) is 0 Å². The molecule has 0 amide bonds. The summed E-state index contributed by atoms with van der Waals surface area (Å²) in [6, 6.07) is -0.0333. The number of sulfone groups is 1. The molecule has 0 aliphatic heterocycles. The molecule has 0 aromatic heterocycles. The highest BCUT2D eigenvalue weighted by Gasteiger charge is 2.41. The van der Waals surface area contributed by atoms with Gasteiger partial charge in [0.05, 0.1) is 5.75 Å². The monoisotopic (exact) mass is 221 g/mol. The Morgan fingerprint density at radius 2 is 2.07 bits per heavy atom. The Morgan fingerprint density at radius 3 is 2.43 bits per heavy atom. The second-order valence-electron chi connectivity index (χ2n) is 4.53. The van der Waals surface area contributed by atoms with E-state index in [1.807, 2.05) is 6.92 Å². The van der Waals surface area contributed by atoms with Crippen molar-refractivity contribution in [3.63, 3.8) is 0 Å². The summed E-state index contributed by atoms with van der Waals surface area (Å²) < 4.78 is 21.9. The average Bonchev–Trinajstić information content (AvgIpc) is 2.78. The van der Waals surface area contributed by atoms with E-state index in [2.05, 4.69) is 5.32 Å². The summed E-state index contributed by atoms with van der Waals surface area (Å²) >= 11 is 0. The molecule has 1 aliphatic carbocycles. The largest absolute Gasteiger partial charge is 0.396 e. The second kappa shape index (κ2) is 4.16. The Kier molecular flexibility index (Phi) is 3.55. The molecule has 1 fully saturated rings. The summed E-state index contributed by atoms with van der Waals surface area (Å²) in [5.41, 5.74) is 0.0474. The van der Waals surface area contributed by atoms with Gasteiger partial charge in [0.1, 0.15) is 9.84 Å². The van der Waals surface area contributed by atoms with Gasteiger partial charge < -0.3 is 10.4 Å². The van der Waals surface area contributed by atoms with Crippen LogP contribution in [0.1, 0.15) is 19.8 Å². The molecule has 1 aliphatic rings. The zero-order valence-electron chi connectivity index (χ0n) is 8.78. The average molecular weight is 221 g/mol. The van der Waals surface area contributed by atoms with E-state index in [9.17, 15) is 8.42 Å². The van der Waals surface area contributed by atoms with Crippen LogP contribution in [0.4, 0.5) is 0 Å². The summed E-state index contributed by atoms with van der Waals surface area (Å²) in [6.07, 6.45) is 3.33. The van der Waals surface area contributed by atoms with Crippen molar-refractivity contribution in [1.29, 1.82) is 0 Å². The first-order valence-electron chi connectivity index (χ1n) is 4.89. The molecule has 0 bridgehead atoms. The molecule has 0 spiro atoms. The minimum absolute atomic E-state index is 0.0333. The van der Waals surface area contributed by atoms with Crippen LogP contribution < -0.4 is 5.32 Å². The summed E-state index contributed by atoms with van der Waals surface area (Å²) in [4.78, 5) is 0. The second-order valence-corrected chi connectivity index (χ2v) is 6.72. The van der Waals surface area contributed by atoms with Crippen molar-refractivity contribution in [2.24, 2.45) is 5.41 Å². The molecule has 1 atom stereocenters. The predicted molar refractivity (Wildman–Crippen MR) is 55.9 cm³/mol. The van der Waals surface area contributed by atoms with Crippen molar-refractivity contribution < 1.29 is 13.5 Å². The fourth-order valence-electron chi connectivity index (χ4n) is 1.47. The lowest BCUT2D eigenvalue weighted by atomic mass is 10.1. The molecule has 5 heteroatoms. The molecular weight excluding hydrogens is 202 g/mol. The molecule has 0 radical (unpaired) electrons. The normalized spacial score (nSPS) is 21.9. The third-order valence-electron chi connectivity index (χ3n) is 2.67. The Bertz CT molecular complexity index is 282. The van der Waals surface area contributed by atoms with Gasteiger partial charge in [-0.15, -0.1) is 0 Å². The number of hydrogen-bond donors (Lipinski definition) is 2. The highest BCUT2D eigenvalue weighted by atomic mass is 32.2. The molecule has 1 saturated carbocycles. The molecule has 1 unspecified atom stereocenters. The van der Waals surface area contributed by atoms with Crippen molar-refractivity contribution in [3.8, 4) is 0 Å². The van der Waals surface area contributed by atoms with Gasteiger partial charge in [-0.25, -0.2) is 8.42 Å². The first kappa shape index (κ1) is 11.9. The van der Waals surface area contributed by atoms with E-state index >= 15 is 0 Å². The van der Waals surface area contributed by atoms with E-state index < -0.39 is 9.84 Å². The minimum Gasteiger partial charge on any atom is -0.396 e. The summed E-state index contributed by atoms with van der Waals surface area (Å²) in [5.74, 6) is 0.161. The third kappa shape index (κ3) is 3.94. The summed E-state index contributed by atoms with van der Waals surface area (Å²) in [7, 11) is -2.90. The van der Waals surface area contributed by atoms with Gasteiger partial charge in [0, 0.05) is 30.9 Å². The van der Waals surface area contributed by atoms with Gasteiger partial charge in [0.15, 0.2) is 0 Å². The maximum atomic E-state index is 11.0. The third-order valence-corrected chi connectivity index (χ3v) is 3.78. The number of nitrogens with one attached hydrogen (secondary N) is 1. The summed E-state index contributed by atoms with van der Waals surface area (Å²) in [6.45, 7) is 2.78. The van der Waals surface area contributed by atoms with E-state index in [0.717, 1.165) is 19.4 Å². The lowest BCUT2D eigenvalue weighted by molar-refractivity contribution is 0.205. The van der Waals surface area contributed by atoms with Crippen molar-refractivity contribution in [3.05, 3.63) is 0 Å². The molecule has 84 valence electrons. The molecule has 1 rings (SSSR count). The van der Waals surface area contributed by atoms with Crippen LogP contribution in [0.25, 0.3) is 0 Å². The van der Waals surface area contributed by atoms with Crippen LogP contribution in [0.15, 0.2) is 0 Å². The molecule has 0 heterocycles. The van der Waals surface area contributed by atoms with Gasteiger partial charge in [-0.05, 0) is 19.8 Å². The summed E-state index contributed by atoms with van der Waals surface area (Å²) in [5, 5.41) is 12.2. The van der Waals surface area contributed by atoms with Crippen LogP contribution in [0, 0.1) is 5.41 Å². The Hall–Kier alpha value is -0.130. The quantitative estimate of drug-likeness (QED) is 0.651. The molecule has 14 heavy (non-hydrogen) atoms. The SMILES string of the molecule is CC(CS(C)(=O)=O)NCC1(CO)CC1. The minimum atomic E-state index is -2.90. The molecular formula is C9H19NO3S. The van der Waals surface area contributed by atoms with Crippen LogP contribution in [0.3, 0.4) is 0 Å². The Labute approximate surface area is 85.6 Å². The zero-order chi connectivity index (χ0) is 10.8. The van der Waals surface area contributed by atoms with E-state index in [1.165, 1.54) is 6.26 Å². The zero-order valence-corrected chi connectivity index (χ0v) is 9.60. The van der Waals surface area contributed by atoms with Crippen LogP contribution in [0.2, 0.25) is 0 Å². The van der Waals surface area contributed by atoms with Gasteiger partial charge in [-0.1, -0.05) is 0 Å². The lowest BCUT2D eigenvalue weighted by Crippen LogP contribution is -2.37. The maximum Gasteiger partial charge on any atom is 0.148 e. The van der Waals surface area contributed by atoms with Crippen LogP contribution in [0.5, 0.6) is 0 Å². The molecule has 0 saturated heterocycles. The first-order valence-corrected chi connectivity index (χ1v) is 6.95. The molecule has 0 aromatic rings. The predicted octanol–water partition coefficient (Wildman–Crippen LogP) is -0.218. The first-order chi connectivity index (χ1) is 6.37. The topological polar surface area (TPSA) is 66.4 Å². The van der Waals surface area contributed by atoms with Gasteiger partial charge in [-0.3, -0.25) is 0 Å². The van der Waals surface area contributed by atoms with Crippen LogP contribution >= 0.6 is 0 Å². The van der Waals surface area contributed by atoms with Gasteiger partial charge >= 0.3 is 0 Å². The number of hydrogen-bond acceptors (Lipinski definition) is 4. The maximum absolute atomic E-state index is 11.0. The lowest BCUT2D eigenvalue weighted by Gasteiger charge is -2.17. The molecule has 0 aromatic carbocycles. The van der Waals surface area contributed by atoms with Crippen molar-refractivity contribution >= 4 is 9.84 Å². The number of rotatable bonds is 6. The molecule has 2 N–H and O–H groups in total. The van der Waals surface area contributed by atoms with E-state index in [4.69, 9.17) is 5.11 Å². The fraction of sp³-hybridized carbons (Fsp3) is 1.00. The van der Waals surface area contributed by atoms with Crippen molar-refractivity contribution in [2.75, 3.05) is 25.2 Å². The molecule has 4 nitrogen and oxygen atoms in total. The van der Waals surface area contributed by atoms with Crippen LogP contribution in [-0.2, 0) is 9.84 Å². The Balaban J connectivity index is 2.25. The highest BCUT2D eigenvalue weighted by molar-refractivity contribution is 7.90. The van der Waals surface area contributed by atoms with E-state index in [-0.39, 0.29) is 23.8 Å².